The largest absolute Gasteiger partial charge is 0.474 e. The second-order valence-corrected chi connectivity index (χ2v) is 6.54. The van der Waals surface area contributed by atoms with Gasteiger partial charge in [-0.3, -0.25) is 10.1 Å². The Kier molecular flexibility index (Phi) is 5.41. The predicted molar refractivity (Wildman–Crippen MR) is 99.7 cm³/mol. The van der Waals surface area contributed by atoms with Gasteiger partial charge in [-0.25, -0.2) is 9.79 Å². The summed E-state index contributed by atoms with van der Waals surface area (Å²) in [4.78, 5) is 28.1. The normalized spacial score (nSPS) is 19.7. The molecule has 7 nitrogen and oxygen atoms in total. The fourth-order valence-electron chi connectivity index (χ4n) is 3.13. The minimum Gasteiger partial charge on any atom is -0.474 e. The molecule has 3 rings (SSSR count). The summed E-state index contributed by atoms with van der Waals surface area (Å²) >= 11 is 5.93. The van der Waals surface area contributed by atoms with Crippen LogP contribution < -0.4 is 0 Å². The number of benzene rings is 2. The Labute approximate surface area is 160 Å². The number of aliphatic imine (C=N–C) groups is 1. The van der Waals surface area contributed by atoms with Crippen molar-refractivity contribution in [2.45, 2.75) is 11.5 Å². The maximum absolute atomic E-state index is 12.7. The fraction of sp³-hybridized carbons (Fsp3) is 0.263. The third kappa shape index (κ3) is 3.78. The first kappa shape index (κ1) is 18.8. The minimum atomic E-state index is -1.55. The lowest BCUT2D eigenvalue weighted by atomic mass is 9.80. The summed E-state index contributed by atoms with van der Waals surface area (Å²) < 4.78 is 10.6. The van der Waals surface area contributed by atoms with Crippen molar-refractivity contribution in [3.8, 4) is 0 Å². The van der Waals surface area contributed by atoms with Gasteiger partial charge in [0.2, 0.25) is 18.0 Å². The van der Waals surface area contributed by atoms with Crippen molar-refractivity contribution in [2.24, 2.45) is 4.99 Å². The number of hydrogen-bond donors (Lipinski definition) is 0. The molecule has 0 N–H and O–H groups in total. The first-order chi connectivity index (χ1) is 13.0. The number of halogens is 1. The number of carbonyl (C=O) groups is 1. The van der Waals surface area contributed by atoms with Crippen molar-refractivity contribution in [3.05, 3.63) is 80.9 Å². The molecular weight excluding hydrogens is 372 g/mol. The van der Waals surface area contributed by atoms with E-state index in [-0.39, 0.29) is 12.5 Å². The van der Waals surface area contributed by atoms with Crippen LogP contribution in [-0.4, -0.2) is 42.6 Å². The molecule has 2 aromatic rings. The minimum absolute atomic E-state index is 0.148. The Hall–Kier alpha value is -2.93. The van der Waals surface area contributed by atoms with Gasteiger partial charge in [0, 0.05) is 15.5 Å². The van der Waals surface area contributed by atoms with E-state index in [0.29, 0.717) is 16.1 Å². The van der Waals surface area contributed by atoms with Crippen molar-refractivity contribution in [2.75, 3.05) is 20.3 Å². The van der Waals surface area contributed by atoms with Crippen molar-refractivity contribution in [1.82, 2.24) is 0 Å². The molecule has 27 heavy (non-hydrogen) atoms. The van der Waals surface area contributed by atoms with Gasteiger partial charge in [-0.2, -0.15) is 0 Å². The molecule has 2 aromatic carbocycles. The van der Waals surface area contributed by atoms with Crippen LogP contribution in [0.1, 0.15) is 17.0 Å². The Morgan fingerprint density at radius 1 is 1.30 bits per heavy atom. The van der Waals surface area contributed by atoms with E-state index >= 15 is 0 Å². The monoisotopic (exact) mass is 388 g/mol. The van der Waals surface area contributed by atoms with E-state index in [1.54, 1.807) is 36.4 Å². The number of ether oxygens (including phenoxy) is 2. The number of esters is 1. The molecule has 2 atom stereocenters. The zero-order chi connectivity index (χ0) is 19.4. The van der Waals surface area contributed by atoms with Crippen molar-refractivity contribution < 1.29 is 19.2 Å². The maximum atomic E-state index is 12.7. The highest BCUT2D eigenvalue weighted by molar-refractivity contribution is 6.30. The quantitative estimate of drug-likeness (QED) is 0.431. The van der Waals surface area contributed by atoms with Gasteiger partial charge in [-0.15, -0.1) is 0 Å². The highest BCUT2D eigenvalue weighted by atomic mass is 35.5. The van der Waals surface area contributed by atoms with Crippen LogP contribution >= 0.6 is 11.6 Å². The van der Waals surface area contributed by atoms with Gasteiger partial charge in [0.05, 0.1) is 13.0 Å². The molecule has 0 saturated heterocycles. The number of nitrogens with zero attached hydrogens (tertiary/aromatic N) is 2. The zero-order valence-corrected chi connectivity index (χ0v) is 15.3. The van der Waals surface area contributed by atoms with Crippen molar-refractivity contribution in [3.63, 3.8) is 0 Å². The van der Waals surface area contributed by atoms with Gasteiger partial charge < -0.3 is 9.47 Å². The summed E-state index contributed by atoms with van der Waals surface area (Å²) in [6, 6.07) is 15.6. The van der Waals surface area contributed by atoms with Gasteiger partial charge in [-0.05, 0) is 29.8 Å². The van der Waals surface area contributed by atoms with Crippen LogP contribution in [0.15, 0.2) is 59.6 Å². The Balaban J connectivity index is 2.11. The van der Waals surface area contributed by atoms with Gasteiger partial charge in [0.15, 0.2) is 0 Å². The topological polar surface area (TPSA) is 91.0 Å². The molecule has 0 unspecified atom stereocenters. The summed E-state index contributed by atoms with van der Waals surface area (Å²) in [5, 5.41) is 11.8. The van der Waals surface area contributed by atoms with Crippen molar-refractivity contribution >= 4 is 23.5 Å². The first-order valence-electron chi connectivity index (χ1n) is 8.20. The molecule has 1 heterocycles. The van der Waals surface area contributed by atoms with Crippen LogP contribution in [0, 0.1) is 10.1 Å². The highest BCUT2D eigenvalue weighted by Gasteiger charge is 2.54. The average molecular weight is 389 g/mol. The van der Waals surface area contributed by atoms with Crippen LogP contribution in [0.5, 0.6) is 0 Å². The molecule has 0 spiro atoms. The van der Waals surface area contributed by atoms with E-state index in [1.165, 1.54) is 7.11 Å². The Morgan fingerprint density at radius 2 is 1.96 bits per heavy atom. The molecule has 0 bridgehead atoms. The zero-order valence-electron chi connectivity index (χ0n) is 14.5. The molecule has 8 heteroatoms. The molecule has 1 aliphatic heterocycles. The van der Waals surface area contributed by atoms with E-state index in [4.69, 9.17) is 21.1 Å². The maximum Gasteiger partial charge on any atom is 0.338 e. The number of methoxy groups -OCH3 is 1. The number of carbonyl (C=O) groups excluding carboxylic acids is 1. The molecular formula is C19H17ClN2O5. The van der Waals surface area contributed by atoms with Crippen LogP contribution in [0.3, 0.4) is 0 Å². The average Bonchev–Trinajstić information content (AvgIpc) is 3.13. The SMILES string of the molecule is COC(=O)[C@@]1([C@H](C[N+](=O)[O-])c2ccc(Cl)cc2)COC(c2ccccc2)=N1. The van der Waals surface area contributed by atoms with Gasteiger partial charge in [-0.1, -0.05) is 41.9 Å². The highest BCUT2D eigenvalue weighted by Crippen LogP contribution is 2.38. The second-order valence-electron chi connectivity index (χ2n) is 6.11. The Bertz CT molecular complexity index is 869. The van der Waals surface area contributed by atoms with Crippen LogP contribution in [-0.2, 0) is 14.3 Å². The number of nitro groups is 1. The third-order valence-electron chi connectivity index (χ3n) is 4.47. The van der Waals surface area contributed by atoms with E-state index < -0.39 is 28.9 Å². The molecule has 140 valence electrons. The lowest BCUT2D eigenvalue weighted by Gasteiger charge is -2.28. The second kappa shape index (κ2) is 7.75. The number of rotatable bonds is 6. The summed E-state index contributed by atoms with van der Waals surface area (Å²) in [5.41, 5.74) is -0.316. The third-order valence-corrected chi connectivity index (χ3v) is 4.72. The van der Waals surface area contributed by atoms with Crippen LogP contribution in [0.4, 0.5) is 0 Å². The van der Waals surface area contributed by atoms with E-state index in [0.717, 1.165) is 0 Å². The Morgan fingerprint density at radius 3 is 2.56 bits per heavy atom. The standard InChI is InChI=1S/C19H17ClN2O5/c1-26-18(23)19(12-27-17(21-19)14-5-3-2-4-6-14)16(11-22(24)25)13-7-9-15(20)10-8-13/h2-10,16H,11-12H2,1H3/t16-,19+/m1/s1. The molecule has 1 aliphatic rings. The molecule has 0 fully saturated rings. The molecule has 0 amide bonds. The first-order valence-corrected chi connectivity index (χ1v) is 8.58. The fourth-order valence-corrected chi connectivity index (χ4v) is 3.26. The van der Waals surface area contributed by atoms with Crippen molar-refractivity contribution in [1.29, 1.82) is 0 Å². The van der Waals surface area contributed by atoms with E-state index in [2.05, 4.69) is 4.99 Å². The van der Waals surface area contributed by atoms with Gasteiger partial charge in [0.1, 0.15) is 6.61 Å². The molecule has 0 saturated carbocycles. The van der Waals surface area contributed by atoms with E-state index in [9.17, 15) is 14.9 Å². The van der Waals surface area contributed by atoms with E-state index in [1.807, 2.05) is 18.2 Å². The predicted octanol–water partition coefficient (Wildman–Crippen LogP) is 3.09. The van der Waals surface area contributed by atoms with Crippen LogP contribution in [0.25, 0.3) is 0 Å². The lowest BCUT2D eigenvalue weighted by Crippen LogP contribution is -2.47. The smallest absolute Gasteiger partial charge is 0.338 e. The summed E-state index contributed by atoms with van der Waals surface area (Å²) in [6.45, 7) is -0.656. The summed E-state index contributed by atoms with van der Waals surface area (Å²) in [5.74, 6) is -1.31. The lowest BCUT2D eigenvalue weighted by molar-refractivity contribution is -0.484. The molecule has 0 radical (unpaired) electrons. The molecule has 0 aliphatic carbocycles. The van der Waals surface area contributed by atoms with Crippen LogP contribution in [0.2, 0.25) is 5.02 Å². The van der Waals surface area contributed by atoms with Gasteiger partial charge >= 0.3 is 5.97 Å². The van der Waals surface area contributed by atoms with Gasteiger partial charge in [0.25, 0.3) is 0 Å². The number of hydrogen-bond acceptors (Lipinski definition) is 6. The molecule has 0 aromatic heterocycles. The summed E-state index contributed by atoms with van der Waals surface area (Å²) in [7, 11) is 1.23. The summed E-state index contributed by atoms with van der Waals surface area (Å²) in [6.07, 6.45) is 0.